The molecule has 0 aromatic heterocycles. The lowest BCUT2D eigenvalue weighted by Gasteiger charge is -2.13. The van der Waals surface area contributed by atoms with Gasteiger partial charge in [0, 0.05) is 51.6 Å². The van der Waals surface area contributed by atoms with Gasteiger partial charge < -0.3 is 35.1 Å². The van der Waals surface area contributed by atoms with E-state index in [2.05, 4.69) is 14.8 Å². The maximum absolute atomic E-state index is 11.5. The lowest BCUT2D eigenvalue weighted by atomic mass is 10.2. The first-order chi connectivity index (χ1) is 17.1. The number of hydrogen-bond donors (Lipinski definition) is 3. The van der Waals surface area contributed by atoms with Crippen LogP contribution in [-0.4, -0.2) is 65.2 Å². The molecule has 0 spiro atoms. The number of amides is 1. The smallest absolute Gasteiger partial charge is 0.361 e. The summed E-state index contributed by atoms with van der Waals surface area (Å²) in [6, 6.07) is 14.8. The number of ether oxygens (including phenoxy) is 4. The number of benzene rings is 2. The number of methoxy groups -OCH3 is 4. The van der Waals surface area contributed by atoms with Crippen molar-refractivity contribution < 1.29 is 39.4 Å². The molecule has 9 nitrogen and oxygen atoms in total. The highest BCUT2D eigenvalue weighted by Crippen LogP contribution is 2.10. The first-order valence-electron chi connectivity index (χ1n) is 10.5. The normalized spacial score (nSPS) is 9.78. The van der Waals surface area contributed by atoms with Crippen molar-refractivity contribution in [1.29, 1.82) is 0 Å². The van der Waals surface area contributed by atoms with Gasteiger partial charge in [-0.15, -0.1) is 0 Å². The number of aliphatic carboxylic acids is 1. The molecule has 2 aromatic carbocycles. The number of carboxylic acids is 1. The van der Waals surface area contributed by atoms with Gasteiger partial charge >= 0.3 is 5.97 Å². The maximum atomic E-state index is 11.5. The van der Waals surface area contributed by atoms with Crippen molar-refractivity contribution in [3.05, 3.63) is 69.7 Å². The lowest BCUT2D eigenvalue weighted by molar-refractivity contribution is -0.177. The lowest BCUT2D eigenvalue weighted by Crippen LogP contribution is -2.36. The highest BCUT2D eigenvalue weighted by molar-refractivity contribution is 6.30. The third kappa shape index (κ3) is 18.0. The molecule has 0 unspecified atom stereocenters. The van der Waals surface area contributed by atoms with Crippen molar-refractivity contribution in [3.63, 3.8) is 0 Å². The number of carbonyl (C=O) groups is 2. The van der Waals surface area contributed by atoms with Crippen molar-refractivity contribution >= 4 is 35.1 Å². The summed E-state index contributed by atoms with van der Waals surface area (Å²) >= 11 is 11.5. The second kappa shape index (κ2) is 24.4. The van der Waals surface area contributed by atoms with E-state index < -0.39 is 25.7 Å². The molecule has 0 heterocycles. The van der Waals surface area contributed by atoms with E-state index in [0.29, 0.717) is 18.1 Å². The van der Waals surface area contributed by atoms with E-state index in [0.717, 1.165) is 16.1 Å². The Balaban J connectivity index is -0.000000470. The monoisotopic (exact) mass is 555 g/mol. The van der Waals surface area contributed by atoms with Crippen LogP contribution in [0.3, 0.4) is 0 Å². The molecule has 0 fully saturated rings. The summed E-state index contributed by atoms with van der Waals surface area (Å²) < 4.78 is 33.8. The molecule has 0 aliphatic rings. The van der Waals surface area contributed by atoms with Gasteiger partial charge in [-0.25, -0.2) is 4.79 Å². The Morgan fingerprint density at radius 1 is 0.972 bits per heavy atom. The summed E-state index contributed by atoms with van der Waals surface area (Å²) in [5.41, 5.74) is 7.35. The third-order valence-corrected chi connectivity index (χ3v) is 4.22. The van der Waals surface area contributed by atoms with E-state index in [4.69, 9.17) is 44.9 Å². The Morgan fingerprint density at radius 3 is 1.69 bits per heavy atom. The quantitative estimate of drug-likeness (QED) is 0.391. The summed E-state index contributed by atoms with van der Waals surface area (Å²) in [5, 5.41) is 12.2. The molecule has 0 atom stereocenters. The summed E-state index contributed by atoms with van der Waals surface area (Å²) in [5.74, 6) is -1.43. The van der Waals surface area contributed by atoms with Crippen LogP contribution in [-0.2, 0) is 41.6 Å². The van der Waals surface area contributed by atoms with Gasteiger partial charge in [-0.05, 0) is 35.4 Å². The number of nitrogens with two attached hydrogens (primary N) is 1. The van der Waals surface area contributed by atoms with Gasteiger partial charge in [0.25, 0.3) is 12.2 Å². The SMILES string of the molecule is C.COC(OC)C(=O)NCc1cccc(Cl)c1.COC(OC)C(=O)O.NCc1cccc(Cl)c1.[2H]CF. The van der Waals surface area contributed by atoms with Crippen LogP contribution in [0.4, 0.5) is 4.39 Å². The Bertz CT molecular complexity index is 861. The van der Waals surface area contributed by atoms with Crippen molar-refractivity contribution in [2.24, 2.45) is 5.73 Å². The van der Waals surface area contributed by atoms with Crippen LogP contribution in [0.1, 0.15) is 19.9 Å². The topological polar surface area (TPSA) is 129 Å². The van der Waals surface area contributed by atoms with Gasteiger partial charge in [0.15, 0.2) is 0 Å². The van der Waals surface area contributed by atoms with Gasteiger partial charge in [-0.3, -0.25) is 9.18 Å². The molecule has 0 radical (unpaired) electrons. The number of rotatable bonds is 9. The van der Waals surface area contributed by atoms with Crippen LogP contribution in [0.25, 0.3) is 0 Å². The molecule has 1 amide bonds. The van der Waals surface area contributed by atoms with Crippen molar-refractivity contribution in [2.45, 2.75) is 33.1 Å². The fraction of sp³-hybridized carbons (Fsp3) is 0.417. The zero-order valence-electron chi connectivity index (χ0n) is 21.0. The number of nitrogens with one attached hydrogen (secondary N) is 1. The molecule has 206 valence electrons. The molecule has 0 bridgehead atoms. The summed E-state index contributed by atoms with van der Waals surface area (Å²) in [6.07, 6.45) is -2.01. The summed E-state index contributed by atoms with van der Waals surface area (Å²) in [6.45, 7) is 0.948. The Morgan fingerprint density at radius 2 is 1.39 bits per heavy atom. The zero-order chi connectivity index (χ0) is 27.9. The van der Waals surface area contributed by atoms with E-state index in [-0.39, 0.29) is 13.3 Å². The van der Waals surface area contributed by atoms with E-state index >= 15 is 0 Å². The van der Waals surface area contributed by atoms with Crippen LogP contribution in [0.15, 0.2) is 48.5 Å². The molecule has 4 N–H and O–H groups in total. The first kappa shape index (κ1) is 35.8. The van der Waals surface area contributed by atoms with E-state index in [1.54, 1.807) is 12.1 Å². The molecule has 0 saturated carbocycles. The van der Waals surface area contributed by atoms with E-state index in [1.165, 1.54) is 28.4 Å². The van der Waals surface area contributed by atoms with Gasteiger partial charge in [0.05, 0.1) is 8.52 Å². The number of carbonyl (C=O) groups excluding carboxylic acids is 1. The predicted molar refractivity (Wildman–Crippen MR) is 140 cm³/mol. The maximum Gasteiger partial charge on any atom is 0.361 e. The number of halogens is 3. The van der Waals surface area contributed by atoms with Crippen LogP contribution in [0.5, 0.6) is 0 Å². The van der Waals surface area contributed by atoms with Crippen LogP contribution >= 0.6 is 23.2 Å². The molecule has 0 aliphatic carbocycles. The Labute approximate surface area is 224 Å². The van der Waals surface area contributed by atoms with E-state index in [1.807, 2.05) is 36.4 Å². The second-order valence-corrected chi connectivity index (χ2v) is 7.00. The molecule has 0 saturated heterocycles. The van der Waals surface area contributed by atoms with Crippen molar-refractivity contribution in [2.75, 3.05) is 35.6 Å². The fourth-order valence-electron chi connectivity index (χ4n) is 2.19. The Hall–Kier alpha value is -2.31. The number of alkyl halides is 1. The predicted octanol–water partition coefficient (Wildman–Crippen LogP) is 4.29. The largest absolute Gasteiger partial charge is 0.477 e. The molecule has 2 aromatic rings. The van der Waals surface area contributed by atoms with Gasteiger partial charge in [0.1, 0.15) is 0 Å². The minimum atomic E-state index is -1.13. The average Bonchev–Trinajstić information content (AvgIpc) is 2.85. The average molecular weight is 556 g/mol. The van der Waals surface area contributed by atoms with Gasteiger partial charge in [0.2, 0.25) is 6.29 Å². The minimum Gasteiger partial charge on any atom is -0.477 e. The van der Waals surface area contributed by atoms with Crippen LogP contribution in [0, 0.1) is 0 Å². The van der Waals surface area contributed by atoms with Crippen molar-refractivity contribution in [1.82, 2.24) is 5.32 Å². The number of hydrogen-bond acceptors (Lipinski definition) is 7. The second-order valence-electron chi connectivity index (χ2n) is 6.13. The minimum absolute atomic E-state index is 0. The summed E-state index contributed by atoms with van der Waals surface area (Å²) in [7, 11) is 4.35. The highest BCUT2D eigenvalue weighted by atomic mass is 35.5. The molecule has 36 heavy (non-hydrogen) atoms. The number of carboxylic acid groups (broad SMARTS) is 1. The highest BCUT2D eigenvalue weighted by Gasteiger charge is 2.15. The van der Waals surface area contributed by atoms with E-state index in [9.17, 15) is 14.0 Å². The fourth-order valence-corrected chi connectivity index (χ4v) is 2.62. The van der Waals surface area contributed by atoms with Gasteiger partial charge in [-0.2, -0.15) is 0 Å². The van der Waals surface area contributed by atoms with Crippen molar-refractivity contribution in [3.8, 4) is 0 Å². The molecular weight excluding hydrogens is 518 g/mol. The third-order valence-electron chi connectivity index (χ3n) is 3.75. The first-order valence-corrected chi connectivity index (χ1v) is 10.5. The van der Waals surface area contributed by atoms with Crippen LogP contribution in [0.2, 0.25) is 10.0 Å². The standard InChI is InChI=1S/C11H14ClNO3.C7H8ClN.C4H8O4.CH3F.CH4/c1-15-11(16-2)10(14)13-7-8-4-3-5-9(12)6-8;8-7-3-1-2-6(4-7)5-9;1-7-4(8-2)3(5)6;1-2;/h3-6,11H,7H2,1-2H3,(H,13,14);1-4H,5,9H2;4H,1-2H3,(H,5,6);1H3;1H4/i;;;1D;. The molecule has 12 heteroatoms. The molecule has 2 rings (SSSR count). The molecule has 0 aliphatic heterocycles. The zero-order valence-corrected chi connectivity index (χ0v) is 21.5. The van der Waals surface area contributed by atoms with Crippen LogP contribution < -0.4 is 11.1 Å². The molecular formula is C24H37Cl2FN2O7. The Kier molecular flexibility index (Phi) is 24.3. The van der Waals surface area contributed by atoms with Gasteiger partial charge in [-0.1, -0.05) is 54.9 Å². The summed E-state index contributed by atoms with van der Waals surface area (Å²) in [4.78, 5) is 21.4.